The first-order valence-electron chi connectivity index (χ1n) is 3.52. The molecule has 0 aliphatic rings. The minimum atomic E-state index is -4.35. The average molecular weight is 293 g/mol. The molecule has 0 aliphatic heterocycles. The van der Waals surface area contributed by atoms with E-state index in [1.807, 2.05) is 0 Å². The van der Waals surface area contributed by atoms with E-state index in [9.17, 15) is 17.8 Å². The Balaban J connectivity index is 0. The van der Waals surface area contributed by atoms with Crippen LogP contribution in [0, 0.1) is 0 Å². The summed E-state index contributed by atoms with van der Waals surface area (Å²) in [7, 11) is -4.35. The normalized spacial score (nSPS) is 12.5. The van der Waals surface area contributed by atoms with Gasteiger partial charge in [-0.25, -0.2) is 13.2 Å². The summed E-state index contributed by atoms with van der Waals surface area (Å²) in [4.78, 5) is 10.8. The Labute approximate surface area is 132 Å². The summed E-state index contributed by atoms with van der Waals surface area (Å²) in [6, 6.07) is 0. The van der Waals surface area contributed by atoms with Gasteiger partial charge in [-0.3, -0.25) is 0 Å². The summed E-state index contributed by atoms with van der Waals surface area (Å²) in [6.45, 7) is 6.06. The molecular formula is C7H11O5RbS. The molecule has 1 unspecified atom stereocenters. The summed E-state index contributed by atoms with van der Waals surface area (Å²) < 4.78 is 35.2. The van der Waals surface area contributed by atoms with E-state index in [1.54, 1.807) is 0 Å². The van der Waals surface area contributed by atoms with Gasteiger partial charge in [0.05, 0.1) is 15.9 Å². The van der Waals surface area contributed by atoms with Gasteiger partial charge in [-0.2, -0.15) is 0 Å². The quantitative estimate of drug-likeness (QED) is 0.314. The molecule has 0 aliphatic carbocycles. The number of ether oxygens (including phenoxy) is 1. The average Bonchev–Trinajstić information content (AvgIpc) is 1.81. The van der Waals surface area contributed by atoms with Crippen LogP contribution in [0.15, 0.2) is 12.2 Å². The molecule has 0 aromatic rings. The number of hydrogen-bond donors (Lipinski definition) is 0. The van der Waals surface area contributed by atoms with Crippen molar-refractivity contribution in [3.05, 3.63) is 12.2 Å². The van der Waals surface area contributed by atoms with Crippen molar-refractivity contribution in [2.75, 3.05) is 5.75 Å². The molecule has 76 valence electrons. The molecule has 0 amide bonds. The Morgan fingerprint density at radius 3 is 2.29 bits per heavy atom. The van der Waals surface area contributed by atoms with Gasteiger partial charge in [0.25, 0.3) is 0 Å². The van der Waals surface area contributed by atoms with Gasteiger partial charge in [-0.05, 0) is 13.8 Å². The predicted octanol–water partition coefficient (Wildman–Crippen LogP) is -2.96. The van der Waals surface area contributed by atoms with Crippen LogP contribution in [0.1, 0.15) is 13.8 Å². The fourth-order valence-electron chi connectivity index (χ4n) is 0.605. The van der Waals surface area contributed by atoms with Crippen molar-refractivity contribution in [1.29, 1.82) is 0 Å². The van der Waals surface area contributed by atoms with Crippen LogP contribution in [0.3, 0.4) is 0 Å². The molecule has 5 nitrogen and oxygen atoms in total. The largest absolute Gasteiger partial charge is 1.00 e. The molecule has 7 heteroatoms. The Bertz CT molecular complexity index is 308. The zero-order chi connectivity index (χ0) is 10.6. The van der Waals surface area contributed by atoms with E-state index in [-0.39, 0.29) is 63.8 Å². The maximum atomic E-state index is 10.8. The molecule has 0 saturated carbocycles. The van der Waals surface area contributed by atoms with E-state index < -0.39 is 27.9 Å². The minimum absolute atomic E-state index is 0. The molecule has 0 rings (SSSR count). The molecule has 1 atom stereocenters. The second kappa shape index (κ2) is 7.24. The molecule has 0 spiro atoms. The van der Waals surface area contributed by atoms with Crippen LogP contribution in [0.25, 0.3) is 0 Å². The zero-order valence-corrected chi connectivity index (χ0v) is 14.2. The fourth-order valence-corrected chi connectivity index (χ4v) is 1.25. The maximum Gasteiger partial charge on any atom is 1.00 e. The Morgan fingerprint density at radius 1 is 1.57 bits per heavy atom. The molecule has 14 heavy (non-hydrogen) atoms. The van der Waals surface area contributed by atoms with Gasteiger partial charge in [0.2, 0.25) is 0 Å². The summed E-state index contributed by atoms with van der Waals surface area (Å²) in [6.07, 6.45) is -0.938. The van der Waals surface area contributed by atoms with Crippen molar-refractivity contribution in [1.82, 2.24) is 0 Å². The predicted molar refractivity (Wildman–Crippen MR) is 44.9 cm³/mol. The van der Waals surface area contributed by atoms with Gasteiger partial charge in [0.15, 0.2) is 0 Å². The standard InChI is InChI=1S/C7H12O5S.Rb/c1-5(2)7(8)12-6(3)4-13(9,10)11;/h6H,1,4H2,2-3H3,(H,9,10,11);/q;+1/p-1. The monoisotopic (exact) mass is 292 g/mol. The van der Waals surface area contributed by atoms with Crippen molar-refractivity contribution in [2.24, 2.45) is 0 Å². The number of hydrogen-bond acceptors (Lipinski definition) is 5. The van der Waals surface area contributed by atoms with Crippen LogP contribution < -0.4 is 58.2 Å². The summed E-state index contributed by atoms with van der Waals surface area (Å²) in [5.74, 6) is -1.41. The zero-order valence-electron chi connectivity index (χ0n) is 8.44. The second-order valence-electron chi connectivity index (χ2n) is 2.72. The Hall–Kier alpha value is 0.925. The molecule has 0 heterocycles. The van der Waals surface area contributed by atoms with Crippen molar-refractivity contribution in [3.8, 4) is 0 Å². The van der Waals surface area contributed by atoms with Crippen LogP contribution in [0.5, 0.6) is 0 Å². The first-order chi connectivity index (χ1) is 5.72. The third-order valence-corrected chi connectivity index (χ3v) is 1.97. The van der Waals surface area contributed by atoms with Crippen molar-refractivity contribution >= 4 is 16.1 Å². The van der Waals surface area contributed by atoms with Crippen LogP contribution in [0.4, 0.5) is 0 Å². The van der Waals surface area contributed by atoms with E-state index in [0.717, 1.165) is 0 Å². The second-order valence-corrected chi connectivity index (χ2v) is 4.17. The molecule has 0 aromatic carbocycles. The molecule has 0 fully saturated rings. The number of carbonyl (C=O) groups is 1. The van der Waals surface area contributed by atoms with Gasteiger partial charge in [-0.15, -0.1) is 0 Å². The summed E-state index contributed by atoms with van der Waals surface area (Å²) >= 11 is 0. The summed E-state index contributed by atoms with van der Waals surface area (Å²) in [5, 5.41) is 0. The van der Waals surface area contributed by atoms with Crippen LogP contribution in [0.2, 0.25) is 0 Å². The van der Waals surface area contributed by atoms with Gasteiger partial charge in [0, 0.05) is 5.57 Å². The Morgan fingerprint density at radius 2 is 2.00 bits per heavy atom. The van der Waals surface area contributed by atoms with Gasteiger partial charge in [-0.1, -0.05) is 6.58 Å². The third-order valence-electron chi connectivity index (χ3n) is 1.10. The van der Waals surface area contributed by atoms with E-state index in [1.165, 1.54) is 13.8 Å². The number of esters is 1. The first kappa shape index (κ1) is 17.3. The topological polar surface area (TPSA) is 83.5 Å². The van der Waals surface area contributed by atoms with E-state index in [2.05, 4.69) is 11.3 Å². The number of rotatable bonds is 4. The van der Waals surface area contributed by atoms with E-state index in [4.69, 9.17) is 0 Å². The van der Waals surface area contributed by atoms with Crippen molar-refractivity contribution < 1.29 is 80.7 Å². The molecule has 0 bridgehead atoms. The third kappa shape index (κ3) is 9.48. The SMILES string of the molecule is C=C(C)C(=O)OC(C)CS(=O)(=O)[O-].[Rb+]. The van der Waals surface area contributed by atoms with Crippen LogP contribution in [-0.2, 0) is 19.6 Å². The van der Waals surface area contributed by atoms with E-state index >= 15 is 0 Å². The minimum Gasteiger partial charge on any atom is -0.748 e. The Kier molecular flexibility index (Phi) is 8.96. The summed E-state index contributed by atoms with van der Waals surface area (Å²) in [5.41, 5.74) is 0.162. The van der Waals surface area contributed by atoms with E-state index in [0.29, 0.717) is 0 Å². The van der Waals surface area contributed by atoms with Crippen molar-refractivity contribution in [3.63, 3.8) is 0 Å². The molecular weight excluding hydrogens is 282 g/mol. The van der Waals surface area contributed by atoms with Crippen molar-refractivity contribution in [2.45, 2.75) is 20.0 Å². The van der Waals surface area contributed by atoms with Crippen LogP contribution >= 0.6 is 0 Å². The fraction of sp³-hybridized carbons (Fsp3) is 0.571. The molecule has 0 saturated heterocycles. The molecule has 0 aromatic heterocycles. The van der Waals surface area contributed by atoms with Gasteiger partial charge in [0.1, 0.15) is 6.10 Å². The van der Waals surface area contributed by atoms with Gasteiger partial charge >= 0.3 is 64.2 Å². The smallest absolute Gasteiger partial charge is 0.748 e. The van der Waals surface area contributed by atoms with Crippen LogP contribution in [-0.4, -0.2) is 30.8 Å². The molecule has 0 N–H and O–H groups in total. The first-order valence-corrected chi connectivity index (χ1v) is 5.10. The van der Waals surface area contributed by atoms with Gasteiger partial charge < -0.3 is 9.29 Å². The maximum absolute atomic E-state index is 10.8. The molecule has 0 radical (unpaired) electrons. The number of carbonyl (C=O) groups excluding carboxylic acids is 1.